The zero-order chi connectivity index (χ0) is 21.7. The molecule has 0 saturated carbocycles. The molecule has 0 N–H and O–H groups in total. The Morgan fingerprint density at radius 3 is 2.83 bits per heavy atom. The first-order valence-electron chi connectivity index (χ1n) is 9.58. The lowest BCUT2D eigenvalue weighted by Gasteiger charge is -2.08. The number of nitro benzene ring substituents is 1. The Labute approximate surface area is 178 Å². The van der Waals surface area contributed by atoms with Crippen molar-refractivity contribution in [1.82, 2.24) is 4.57 Å². The lowest BCUT2D eigenvalue weighted by molar-refractivity contribution is -0.384. The van der Waals surface area contributed by atoms with E-state index in [0.717, 1.165) is 21.3 Å². The first-order chi connectivity index (χ1) is 14.4. The number of amides is 1. The quantitative estimate of drug-likeness (QED) is 0.243. The lowest BCUT2D eigenvalue weighted by atomic mass is 10.1. The van der Waals surface area contributed by atoms with Crippen LogP contribution in [0, 0.1) is 24.0 Å². The number of aromatic nitrogens is 1. The highest BCUT2D eigenvalue weighted by atomic mass is 32.1. The highest BCUT2D eigenvalue weighted by Gasteiger charge is 2.11. The number of non-ortho nitro benzene ring substituents is 1. The third-order valence-corrected chi connectivity index (χ3v) is 5.51. The maximum Gasteiger partial charge on any atom is 0.272 e. The average Bonchev–Trinajstić information content (AvgIpc) is 3.04. The molecule has 0 fully saturated rings. The van der Waals surface area contributed by atoms with Crippen LogP contribution in [0.4, 0.5) is 5.69 Å². The minimum atomic E-state index is -0.466. The predicted molar refractivity (Wildman–Crippen MR) is 118 cm³/mol. The Morgan fingerprint density at radius 2 is 2.10 bits per heavy atom. The first-order valence-corrected chi connectivity index (χ1v) is 10.4. The average molecular weight is 426 g/mol. The highest BCUT2D eigenvalue weighted by molar-refractivity contribution is 7.16. The molecule has 0 unspecified atom stereocenters. The number of carbonyl (C=O) groups is 1. The van der Waals surface area contributed by atoms with Crippen LogP contribution in [0.15, 0.2) is 47.5 Å². The van der Waals surface area contributed by atoms with Gasteiger partial charge in [0, 0.05) is 31.4 Å². The topological polar surface area (TPSA) is 86.7 Å². The van der Waals surface area contributed by atoms with E-state index in [-0.39, 0.29) is 5.69 Å². The maximum absolute atomic E-state index is 12.5. The fourth-order valence-electron chi connectivity index (χ4n) is 3.23. The molecule has 1 aromatic heterocycles. The molecule has 3 rings (SSSR count). The van der Waals surface area contributed by atoms with Gasteiger partial charge in [-0.3, -0.25) is 14.9 Å². The van der Waals surface area contributed by atoms with E-state index in [9.17, 15) is 14.9 Å². The second-order valence-corrected chi connectivity index (χ2v) is 7.81. The zero-order valence-corrected chi connectivity index (χ0v) is 17.9. The van der Waals surface area contributed by atoms with Crippen LogP contribution in [0.1, 0.15) is 23.6 Å². The van der Waals surface area contributed by atoms with E-state index in [2.05, 4.69) is 17.1 Å². The summed E-state index contributed by atoms with van der Waals surface area (Å²) in [4.78, 5) is 27.8. The van der Waals surface area contributed by atoms with Gasteiger partial charge in [-0.05, 0) is 49.6 Å². The summed E-state index contributed by atoms with van der Waals surface area (Å²) in [5.41, 5.74) is 3.88. The molecule has 156 valence electrons. The fraction of sp³-hybridized carbons (Fsp3) is 0.273. The smallest absolute Gasteiger partial charge is 0.272 e. The van der Waals surface area contributed by atoms with E-state index in [0.29, 0.717) is 30.1 Å². The van der Waals surface area contributed by atoms with Crippen molar-refractivity contribution < 1.29 is 14.5 Å². The zero-order valence-electron chi connectivity index (χ0n) is 17.1. The molecule has 1 amide bonds. The van der Waals surface area contributed by atoms with Crippen LogP contribution >= 0.6 is 11.3 Å². The second kappa shape index (κ2) is 9.60. The number of ether oxygens (including phenoxy) is 1. The van der Waals surface area contributed by atoms with Gasteiger partial charge in [0.1, 0.15) is 0 Å². The highest BCUT2D eigenvalue weighted by Crippen LogP contribution is 2.23. The maximum atomic E-state index is 12.5. The van der Waals surface area contributed by atoms with Gasteiger partial charge in [-0.1, -0.05) is 29.5 Å². The van der Waals surface area contributed by atoms with Crippen molar-refractivity contribution in [2.75, 3.05) is 13.2 Å². The molecule has 0 bridgehead atoms. The van der Waals surface area contributed by atoms with Gasteiger partial charge in [-0.15, -0.1) is 0 Å². The van der Waals surface area contributed by atoms with Crippen LogP contribution in [0.3, 0.4) is 0 Å². The summed E-state index contributed by atoms with van der Waals surface area (Å²) < 4.78 is 8.59. The van der Waals surface area contributed by atoms with E-state index in [1.165, 1.54) is 35.6 Å². The van der Waals surface area contributed by atoms with Gasteiger partial charge in [0.25, 0.3) is 11.6 Å². The van der Waals surface area contributed by atoms with Crippen LogP contribution in [0.2, 0.25) is 0 Å². The summed E-state index contributed by atoms with van der Waals surface area (Å²) in [5, 5.41) is 10.9. The SMILES string of the molecule is CCOCCn1c(=NC(=O)/C=C/c2cccc([N+](=O)[O-])c2)sc2cc(C)cc(C)c21. The van der Waals surface area contributed by atoms with E-state index >= 15 is 0 Å². The molecule has 1 heterocycles. The first kappa shape index (κ1) is 21.6. The third-order valence-electron chi connectivity index (χ3n) is 4.48. The molecule has 0 radical (unpaired) electrons. The van der Waals surface area contributed by atoms with Crippen molar-refractivity contribution in [3.05, 3.63) is 74.1 Å². The van der Waals surface area contributed by atoms with Gasteiger partial charge in [-0.2, -0.15) is 4.99 Å². The molecular formula is C22H23N3O4S. The minimum Gasteiger partial charge on any atom is -0.380 e. The number of benzene rings is 2. The summed E-state index contributed by atoms with van der Waals surface area (Å²) in [6.45, 7) is 7.78. The molecule has 7 nitrogen and oxygen atoms in total. The minimum absolute atomic E-state index is 0.0225. The van der Waals surface area contributed by atoms with Crippen molar-refractivity contribution >= 4 is 39.2 Å². The van der Waals surface area contributed by atoms with Gasteiger partial charge in [0.2, 0.25) is 0 Å². The molecule has 0 saturated heterocycles. The number of nitro groups is 1. The molecule has 3 aromatic rings. The van der Waals surface area contributed by atoms with Gasteiger partial charge in [0.15, 0.2) is 4.80 Å². The second-order valence-electron chi connectivity index (χ2n) is 6.80. The van der Waals surface area contributed by atoms with Gasteiger partial charge >= 0.3 is 0 Å². The third kappa shape index (κ3) is 5.08. The molecule has 0 aliphatic heterocycles. The van der Waals surface area contributed by atoms with E-state index < -0.39 is 10.8 Å². The Bertz CT molecular complexity index is 1190. The Morgan fingerprint density at radius 1 is 1.30 bits per heavy atom. The van der Waals surface area contributed by atoms with Crippen LogP contribution in [0.5, 0.6) is 0 Å². The number of aryl methyl sites for hydroxylation is 2. The number of hydrogen-bond acceptors (Lipinski definition) is 5. The number of hydrogen-bond donors (Lipinski definition) is 0. The molecule has 0 atom stereocenters. The van der Waals surface area contributed by atoms with Crippen molar-refractivity contribution in [2.45, 2.75) is 27.3 Å². The number of carbonyl (C=O) groups excluding carboxylic acids is 1. The van der Waals surface area contributed by atoms with Crippen molar-refractivity contribution in [3.63, 3.8) is 0 Å². The molecular weight excluding hydrogens is 402 g/mol. The van der Waals surface area contributed by atoms with Gasteiger partial charge in [0.05, 0.1) is 21.7 Å². The lowest BCUT2D eigenvalue weighted by Crippen LogP contribution is -2.19. The van der Waals surface area contributed by atoms with Crippen molar-refractivity contribution in [1.29, 1.82) is 0 Å². The normalized spacial score (nSPS) is 12.2. The molecule has 0 aliphatic rings. The summed E-state index contributed by atoms with van der Waals surface area (Å²) in [6.07, 6.45) is 2.86. The number of thiazole rings is 1. The van der Waals surface area contributed by atoms with Crippen LogP contribution in [-0.4, -0.2) is 28.6 Å². The van der Waals surface area contributed by atoms with E-state index in [1.54, 1.807) is 12.1 Å². The largest absolute Gasteiger partial charge is 0.380 e. The molecule has 2 aromatic carbocycles. The monoisotopic (exact) mass is 425 g/mol. The Hall–Kier alpha value is -3.10. The van der Waals surface area contributed by atoms with Crippen LogP contribution in [-0.2, 0) is 16.1 Å². The molecule has 8 heteroatoms. The molecule has 0 aliphatic carbocycles. The molecule has 0 spiro atoms. The van der Waals surface area contributed by atoms with Gasteiger partial charge in [-0.25, -0.2) is 0 Å². The van der Waals surface area contributed by atoms with Crippen LogP contribution < -0.4 is 4.80 Å². The number of rotatable bonds is 7. The van der Waals surface area contributed by atoms with Crippen molar-refractivity contribution in [3.8, 4) is 0 Å². The summed E-state index contributed by atoms with van der Waals surface area (Å²) >= 11 is 1.46. The van der Waals surface area contributed by atoms with E-state index in [1.807, 2.05) is 25.3 Å². The van der Waals surface area contributed by atoms with Crippen molar-refractivity contribution in [2.24, 2.45) is 4.99 Å². The standard InChI is InChI=1S/C22H23N3O4S/c1-4-29-11-10-24-21-16(3)12-15(2)13-19(21)30-22(24)23-20(26)9-8-17-6-5-7-18(14-17)25(27)28/h5-9,12-14H,4,10-11H2,1-3H3/b9-8+,23-22?. The van der Waals surface area contributed by atoms with Crippen LogP contribution in [0.25, 0.3) is 16.3 Å². The summed E-state index contributed by atoms with van der Waals surface area (Å²) in [7, 11) is 0. The summed E-state index contributed by atoms with van der Waals surface area (Å²) in [6, 6.07) is 10.3. The van der Waals surface area contributed by atoms with Gasteiger partial charge < -0.3 is 9.30 Å². The number of fused-ring (bicyclic) bond motifs is 1. The fourth-order valence-corrected chi connectivity index (χ4v) is 4.46. The molecule has 30 heavy (non-hydrogen) atoms. The predicted octanol–water partition coefficient (Wildman–Crippen LogP) is 4.41. The van der Waals surface area contributed by atoms with E-state index in [4.69, 9.17) is 4.74 Å². The number of nitrogens with zero attached hydrogens (tertiary/aromatic N) is 3. The summed E-state index contributed by atoms with van der Waals surface area (Å²) in [5.74, 6) is -0.424. The Kier molecular flexibility index (Phi) is 6.91. The Balaban J connectivity index is 1.96.